The average Bonchev–Trinajstić information content (AvgIpc) is 2.47. The fraction of sp³-hybridized carbons (Fsp3) is 0.571. The van der Waals surface area contributed by atoms with Crippen LogP contribution in [-0.2, 0) is 6.42 Å². The molecule has 0 saturated carbocycles. The van der Waals surface area contributed by atoms with Gasteiger partial charge in [0, 0.05) is 13.0 Å². The van der Waals surface area contributed by atoms with Crippen molar-refractivity contribution in [2.45, 2.75) is 6.42 Å². The molecule has 0 unspecified atom stereocenters. The first-order valence-electron chi connectivity index (χ1n) is 3.80. The van der Waals surface area contributed by atoms with Crippen LogP contribution in [0.3, 0.4) is 0 Å². The van der Waals surface area contributed by atoms with Gasteiger partial charge in [0.25, 0.3) is 0 Å². The van der Waals surface area contributed by atoms with Gasteiger partial charge in [0.15, 0.2) is 0 Å². The Morgan fingerprint density at radius 3 is 2.77 bits per heavy atom. The maximum atomic E-state index is 10.6. The van der Waals surface area contributed by atoms with Gasteiger partial charge >= 0.3 is 5.97 Å². The molecule has 0 amide bonds. The molecule has 0 radical (unpaired) electrons. The second kappa shape index (κ2) is 3.99. The molecule has 0 aliphatic rings. The van der Waals surface area contributed by atoms with Crippen molar-refractivity contribution in [1.29, 1.82) is 0 Å². The van der Waals surface area contributed by atoms with Crippen LogP contribution >= 0.6 is 0 Å². The number of rotatable bonds is 4. The molecular weight excluding hydrogens is 174 g/mol. The molecule has 1 aromatic rings. The predicted octanol–water partition coefficient (Wildman–Crippen LogP) is -0.128. The maximum Gasteiger partial charge on any atom is 0.360 e. The van der Waals surface area contributed by atoms with E-state index in [2.05, 4.69) is 14.9 Å². The van der Waals surface area contributed by atoms with Crippen LogP contribution < -0.4 is 0 Å². The van der Waals surface area contributed by atoms with E-state index in [4.69, 9.17) is 5.11 Å². The van der Waals surface area contributed by atoms with Gasteiger partial charge in [-0.05, 0) is 19.3 Å². The monoisotopic (exact) mass is 185 g/mol. The molecule has 0 fully saturated rings. The van der Waals surface area contributed by atoms with Gasteiger partial charge in [-0.2, -0.15) is 0 Å². The zero-order valence-corrected chi connectivity index (χ0v) is 7.52. The average molecular weight is 185 g/mol. The Morgan fingerprint density at radius 1 is 1.54 bits per heavy atom. The van der Waals surface area contributed by atoms with E-state index in [1.807, 2.05) is 19.0 Å². The van der Waals surface area contributed by atoms with E-state index >= 15 is 0 Å². The standard InChI is InChI=1S/C7H11N3O3/c1-10(2)4-3-5-6(7(11)12)9-13-8-5/h3-4H2,1-2H3,(H,11,12). The van der Waals surface area contributed by atoms with Crippen LogP contribution in [0.4, 0.5) is 0 Å². The Labute approximate surface area is 75.1 Å². The first-order valence-corrected chi connectivity index (χ1v) is 3.80. The molecule has 0 bridgehead atoms. The minimum absolute atomic E-state index is 0.0955. The molecule has 0 atom stereocenters. The second-order valence-electron chi connectivity index (χ2n) is 2.92. The highest BCUT2D eigenvalue weighted by atomic mass is 16.6. The van der Waals surface area contributed by atoms with Crippen molar-refractivity contribution in [2.24, 2.45) is 0 Å². The summed E-state index contributed by atoms with van der Waals surface area (Å²) in [5.74, 6) is -1.10. The van der Waals surface area contributed by atoms with Crippen molar-refractivity contribution < 1.29 is 14.5 Å². The fourth-order valence-electron chi connectivity index (χ4n) is 0.862. The van der Waals surface area contributed by atoms with Crippen molar-refractivity contribution in [3.63, 3.8) is 0 Å². The van der Waals surface area contributed by atoms with Crippen LogP contribution in [-0.4, -0.2) is 46.9 Å². The Hall–Kier alpha value is -1.43. The first kappa shape index (κ1) is 9.66. The number of carboxylic acid groups (broad SMARTS) is 1. The molecule has 6 heteroatoms. The summed E-state index contributed by atoms with van der Waals surface area (Å²) in [6.07, 6.45) is 0.526. The van der Waals surface area contributed by atoms with Gasteiger partial charge in [-0.1, -0.05) is 5.16 Å². The van der Waals surface area contributed by atoms with Gasteiger partial charge < -0.3 is 10.0 Å². The Bertz CT molecular complexity index is 295. The van der Waals surface area contributed by atoms with Gasteiger partial charge in [0.05, 0.1) is 0 Å². The minimum atomic E-state index is -1.10. The van der Waals surface area contributed by atoms with E-state index in [9.17, 15) is 4.79 Å². The first-order chi connectivity index (χ1) is 6.11. The summed E-state index contributed by atoms with van der Waals surface area (Å²) < 4.78 is 4.34. The number of hydrogen-bond donors (Lipinski definition) is 1. The number of likely N-dealkylation sites (N-methyl/N-ethyl adjacent to an activating group) is 1. The Balaban J connectivity index is 2.65. The highest BCUT2D eigenvalue weighted by Crippen LogP contribution is 2.03. The van der Waals surface area contributed by atoms with Gasteiger partial charge in [-0.25, -0.2) is 9.42 Å². The molecule has 1 heterocycles. The molecule has 72 valence electrons. The number of aromatic carboxylic acids is 1. The molecule has 1 N–H and O–H groups in total. The molecule has 1 aromatic heterocycles. The zero-order chi connectivity index (χ0) is 9.84. The van der Waals surface area contributed by atoms with Gasteiger partial charge in [0.2, 0.25) is 5.69 Å². The fourth-order valence-corrected chi connectivity index (χ4v) is 0.862. The molecule has 0 aliphatic heterocycles. The molecule has 13 heavy (non-hydrogen) atoms. The van der Waals surface area contributed by atoms with Crippen molar-refractivity contribution in [3.05, 3.63) is 11.4 Å². The second-order valence-corrected chi connectivity index (χ2v) is 2.92. The lowest BCUT2D eigenvalue weighted by atomic mass is 10.2. The van der Waals surface area contributed by atoms with E-state index in [-0.39, 0.29) is 5.69 Å². The molecule has 0 aromatic carbocycles. The van der Waals surface area contributed by atoms with Crippen LogP contribution in [0, 0.1) is 0 Å². The summed E-state index contributed by atoms with van der Waals surface area (Å²) in [5, 5.41) is 15.4. The topological polar surface area (TPSA) is 79.5 Å². The molecular formula is C7H11N3O3. The van der Waals surface area contributed by atoms with Crippen molar-refractivity contribution in [1.82, 2.24) is 15.2 Å². The third-order valence-corrected chi connectivity index (χ3v) is 1.55. The SMILES string of the molecule is CN(C)CCc1nonc1C(=O)O. The lowest BCUT2D eigenvalue weighted by Crippen LogP contribution is -2.16. The van der Waals surface area contributed by atoms with Crippen molar-refractivity contribution in [3.8, 4) is 0 Å². The number of carboxylic acids is 1. The zero-order valence-electron chi connectivity index (χ0n) is 7.52. The Morgan fingerprint density at radius 2 is 2.23 bits per heavy atom. The summed E-state index contributed by atoms with van der Waals surface area (Å²) in [6, 6.07) is 0. The third-order valence-electron chi connectivity index (χ3n) is 1.55. The number of hydrogen-bond acceptors (Lipinski definition) is 5. The maximum absolute atomic E-state index is 10.6. The summed E-state index contributed by atoms with van der Waals surface area (Å²) in [7, 11) is 3.79. The molecule has 0 saturated heterocycles. The van der Waals surface area contributed by atoms with Crippen molar-refractivity contribution in [2.75, 3.05) is 20.6 Å². The number of carbonyl (C=O) groups is 1. The summed E-state index contributed by atoms with van der Waals surface area (Å²) in [6.45, 7) is 0.717. The van der Waals surface area contributed by atoms with Crippen LogP contribution in [0.1, 0.15) is 16.2 Å². The smallest absolute Gasteiger partial charge is 0.360 e. The van der Waals surface area contributed by atoms with Crippen LogP contribution in [0.5, 0.6) is 0 Å². The normalized spacial score (nSPS) is 10.7. The summed E-state index contributed by atoms with van der Waals surface area (Å²) in [4.78, 5) is 12.5. The van der Waals surface area contributed by atoms with Gasteiger partial charge in [-0.3, -0.25) is 0 Å². The lowest BCUT2D eigenvalue weighted by Gasteiger charge is -2.06. The van der Waals surface area contributed by atoms with E-state index < -0.39 is 5.97 Å². The molecule has 0 spiro atoms. The van der Waals surface area contributed by atoms with Crippen LogP contribution in [0.25, 0.3) is 0 Å². The molecule has 0 aliphatic carbocycles. The largest absolute Gasteiger partial charge is 0.476 e. The van der Waals surface area contributed by atoms with E-state index in [0.717, 1.165) is 0 Å². The highest BCUT2D eigenvalue weighted by Gasteiger charge is 2.16. The van der Waals surface area contributed by atoms with Gasteiger partial charge in [0.1, 0.15) is 5.69 Å². The summed E-state index contributed by atoms with van der Waals surface area (Å²) in [5.41, 5.74) is 0.294. The van der Waals surface area contributed by atoms with E-state index in [0.29, 0.717) is 18.7 Å². The predicted molar refractivity (Wildman–Crippen MR) is 43.5 cm³/mol. The van der Waals surface area contributed by atoms with Crippen LogP contribution in [0.15, 0.2) is 4.63 Å². The quantitative estimate of drug-likeness (QED) is 0.704. The van der Waals surface area contributed by atoms with Crippen LogP contribution in [0.2, 0.25) is 0 Å². The van der Waals surface area contributed by atoms with Gasteiger partial charge in [-0.15, -0.1) is 0 Å². The van der Waals surface area contributed by atoms with E-state index in [1.165, 1.54) is 0 Å². The Kier molecular flexibility index (Phi) is 2.97. The third kappa shape index (κ3) is 2.51. The highest BCUT2D eigenvalue weighted by molar-refractivity contribution is 5.86. The molecule has 1 rings (SSSR count). The van der Waals surface area contributed by atoms with E-state index in [1.54, 1.807) is 0 Å². The lowest BCUT2D eigenvalue weighted by molar-refractivity contribution is 0.0684. The number of aromatic nitrogens is 2. The minimum Gasteiger partial charge on any atom is -0.476 e. The molecule has 6 nitrogen and oxygen atoms in total. The number of nitrogens with zero attached hydrogens (tertiary/aromatic N) is 3. The van der Waals surface area contributed by atoms with Crippen molar-refractivity contribution >= 4 is 5.97 Å². The summed E-state index contributed by atoms with van der Waals surface area (Å²) >= 11 is 0.